The van der Waals surface area contributed by atoms with Crippen LogP contribution in [-0.4, -0.2) is 51.3 Å². The number of pyridine rings is 1. The standard InChI is InChI=1S/C24H26F3N5O4S/c1-15-22(18(37-32-15)11-17-12-28-14-19(30-17)24(25,26)27)23(33)31-16-6-7-20(29-13-16)34-9-4-10-36-21-5-2-3-8-35-21/h6-7,12-14,21H,2-5,8-11H2,1H3,(H,31,33). The van der Waals surface area contributed by atoms with Gasteiger partial charge >= 0.3 is 6.18 Å². The molecule has 1 N–H and O–H groups in total. The molecule has 4 rings (SSSR count). The molecule has 1 unspecified atom stereocenters. The van der Waals surface area contributed by atoms with Crippen molar-refractivity contribution >= 4 is 23.1 Å². The predicted molar refractivity (Wildman–Crippen MR) is 129 cm³/mol. The van der Waals surface area contributed by atoms with Gasteiger partial charge in [0.25, 0.3) is 5.91 Å². The highest BCUT2D eigenvalue weighted by molar-refractivity contribution is 7.06. The Morgan fingerprint density at radius 3 is 2.81 bits per heavy atom. The van der Waals surface area contributed by atoms with Crippen molar-refractivity contribution in [3.05, 3.63) is 58.2 Å². The van der Waals surface area contributed by atoms with E-state index in [0.717, 1.165) is 37.4 Å². The maximum atomic E-state index is 13.0. The fourth-order valence-electron chi connectivity index (χ4n) is 3.65. The van der Waals surface area contributed by atoms with Crippen LogP contribution in [0.25, 0.3) is 0 Å². The Balaban J connectivity index is 1.29. The van der Waals surface area contributed by atoms with Crippen LogP contribution in [0.15, 0.2) is 30.7 Å². The first-order chi connectivity index (χ1) is 17.8. The van der Waals surface area contributed by atoms with Crippen molar-refractivity contribution in [2.24, 2.45) is 0 Å². The van der Waals surface area contributed by atoms with E-state index in [4.69, 9.17) is 14.2 Å². The number of amides is 1. The van der Waals surface area contributed by atoms with Crippen molar-refractivity contribution in [2.75, 3.05) is 25.1 Å². The molecule has 1 saturated heterocycles. The van der Waals surface area contributed by atoms with Crippen molar-refractivity contribution in [3.63, 3.8) is 0 Å². The summed E-state index contributed by atoms with van der Waals surface area (Å²) in [6.45, 7) is 3.35. The minimum Gasteiger partial charge on any atom is -0.478 e. The number of alkyl halides is 3. The summed E-state index contributed by atoms with van der Waals surface area (Å²) >= 11 is 1.03. The highest BCUT2D eigenvalue weighted by Crippen LogP contribution is 2.28. The highest BCUT2D eigenvalue weighted by atomic mass is 32.1. The van der Waals surface area contributed by atoms with Crippen LogP contribution in [0.5, 0.6) is 5.88 Å². The monoisotopic (exact) mass is 537 g/mol. The molecule has 13 heteroatoms. The maximum Gasteiger partial charge on any atom is 0.434 e. The van der Waals surface area contributed by atoms with Gasteiger partial charge in [-0.2, -0.15) is 17.5 Å². The number of nitrogens with one attached hydrogen (secondary N) is 1. The first-order valence-corrected chi connectivity index (χ1v) is 12.5. The Hall–Kier alpha value is -3.16. The predicted octanol–water partition coefficient (Wildman–Crippen LogP) is 4.81. The molecule has 3 aromatic heterocycles. The third-order valence-corrected chi connectivity index (χ3v) is 6.39. The lowest BCUT2D eigenvalue weighted by Crippen LogP contribution is -2.23. The van der Waals surface area contributed by atoms with Gasteiger partial charge in [-0.15, -0.1) is 0 Å². The molecule has 0 aliphatic carbocycles. The number of hydrogen-bond donors (Lipinski definition) is 1. The molecule has 1 fully saturated rings. The van der Waals surface area contributed by atoms with Gasteiger partial charge in [-0.1, -0.05) is 0 Å². The average Bonchev–Trinajstić information content (AvgIpc) is 3.25. The molecule has 1 atom stereocenters. The summed E-state index contributed by atoms with van der Waals surface area (Å²) < 4.78 is 59.9. The number of halogens is 3. The number of rotatable bonds is 10. The second-order valence-electron chi connectivity index (χ2n) is 8.34. The van der Waals surface area contributed by atoms with Crippen molar-refractivity contribution in [1.29, 1.82) is 0 Å². The second kappa shape index (κ2) is 12.4. The lowest BCUT2D eigenvalue weighted by Gasteiger charge is -2.22. The van der Waals surface area contributed by atoms with Crippen LogP contribution in [-0.2, 0) is 22.1 Å². The van der Waals surface area contributed by atoms with Crippen LogP contribution in [0, 0.1) is 6.92 Å². The average molecular weight is 538 g/mol. The van der Waals surface area contributed by atoms with Crippen LogP contribution in [0.4, 0.5) is 18.9 Å². The number of aromatic nitrogens is 4. The van der Waals surface area contributed by atoms with Crippen LogP contribution < -0.4 is 10.1 Å². The van der Waals surface area contributed by atoms with Gasteiger partial charge in [0.2, 0.25) is 5.88 Å². The van der Waals surface area contributed by atoms with Crippen LogP contribution in [0.2, 0.25) is 0 Å². The Morgan fingerprint density at radius 2 is 2.08 bits per heavy atom. The fourth-order valence-corrected chi connectivity index (χ4v) is 4.53. The lowest BCUT2D eigenvalue weighted by atomic mass is 10.1. The van der Waals surface area contributed by atoms with Crippen LogP contribution >= 0.6 is 11.5 Å². The van der Waals surface area contributed by atoms with E-state index < -0.39 is 17.8 Å². The maximum absolute atomic E-state index is 13.0. The number of carbonyl (C=O) groups excluding carboxylic acids is 1. The number of ether oxygens (including phenoxy) is 3. The number of aryl methyl sites for hydroxylation is 1. The van der Waals surface area contributed by atoms with Crippen molar-refractivity contribution < 1.29 is 32.2 Å². The van der Waals surface area contributed by atoms with Gasteiger partial charge < -0.3 is 19.5 Å². The van der Waals surface area contributed by atoms with E-state index in [1.165, 1.54) is 12.4 Å². The number of nitrogens with zero attached hydrogens (tertiary/aromatic N) is 4. The quantitative estimate of drug-likeness (QED) is 0.367. The molecule has 198 valence electrons. The molecule has 1 aliphatic rings. The molecule has 3 aromatic rings. The normalized spacial score (nSPS) is 15.9. The van der Waals surface area contributed by atoms with Crippen molar-refractivity contribution in [1.82, 2.24) is 19.3 Å². The zero-order chi connectivity index (χ0) is 26.3. The summed E-state index contributed by atoms with van der Waals surface area (Å²) in [6.07, 6.45) is 2.41. The third kappa shape index (κ3) is 7.66. The smallest absolute Gasteiger partial charge is 0.434 e. The van der Waals surface area contributed by atoms with E-state index in [0.29, 0.717) is 48.0 Å². The molecule has 1 aliphatic heterocycles. The molecular formula is C24H26F3N5O4S. The minimum absolute atomic E-state index is 0.00715. The zero-order valence-corrected chi connectivity index (χ0v) is 20.9. The second-order valence-corrected chi connectivity index (χ2v) is 9.20. The SMILES string of the molecule is Cc1nsc(Cc2cncc(C(F)(F)F)n2)c1C(=O)Nc1ccc(OCCCOC2CCCCO2)nc1. The van der Waals surface area contributed by atoms with Crippen molar-refractivity contribution in [2.45, 2.75) is 51.5 Å². The number of carbonyl (C=O) groups is 1. The molecule has 1 amide bonds. The molecule has 0 saturated carbocycles. The van der Waals surface area contributed by atoms with Gasteiger partial charge in [0.05, 0.1) is 48.2 Å². The molecule has 0 aromatic carbocycles. The molecule has 37 heavy (non-hydrogen) atoms. The van der Waals surface area contributed by atoms with Gasteiger partial charge in [0.1, 0.15) is 0 Å². The molecule has 4 heterocycles. The van der Waals surface area contributed by atoms with Gasteiger partial charge in [-0.3, -0.25) is 9.78 Å². The summed E-state index contributed by atoms with van der Waals surface area (Å²) in [5.41, 5.74) is 0.187. The molecule has 9 nitrogen and oxygen atoms in total. The van der Waals surface area contributed by atoms with Gasteiger partial charge in [-0.05, 0) is 43.8 Å². The fraction of sp³-hybridized carbons (Fsp3) is 0.458. The molecular weight excluding hydrogens is 511 g/mol. The summed E-state index contributed by atoms with van der Waals surface area (Å²) in [7, 11) is 0. The summed E-state index contributed by atoms with van der Waals surface area (Å²) in [5.74, 6) is -0.0390. The Bertz CT molecular complexity index is 1180. The summed E-state index contributed by atoms with van der Waals surface area (Å²) in [4.78, 5) is 24.9. The highest BCUT2D eigenvalue weighted by Gasteiger charge is 2.33. The van der Waals surface area contributed by atoms with Gasteiger partial charge in [-0.25, -0.2) is 9.97 Å². The first kappa shape index (κ1) is 26.9. The largest absolute Gasteiger partial charge is 0.478 e. The Labute approximate surface area is 215 Å². The minimum atomic E-state index is -4.60. The zero-order valence-electron chi connectivity index (χ0n) is 20.1. The van der Waals surface area contributed by atoms with Gasteiger partial charge in [0.15, 0.2) is 12.0 Å². The van der Waals surface area contributed by atoms with Crippen LogP contribution in [0.3, 0.4) is 0 Å². The van der Waals surface area contributed by atoms with E-state index in [9.17, 15) is 18.0 Å². The van der Waals surface area contributed by atoms with E-state index >= 15 is 0 Å². The Kier molecular flexibility index (Phi) is 9.00. The van der Waals surface area contributed by atoms with E-state index in [1.54, 1.807) is 19.1 Å². The number of hydrogen-bond acceptors (Lipinski definition) is 9. The topological polar surface area (TPSA) is 108 Å². The Morgan fingerprint density at radius 1 is 1.22 bits per heavy atom. The lowest BCUT2D eigenvalue weighted by molar-refractivity contribution is -0.163. The van der Waals surface area contributed by atoms with Crippen LogP contribution in [0.1, 0.15) is 58.0 Å². The number of anilines is 1. The molecule has 0 spiro atoms. The molecule has 0 radical (unpaired) electrons. The molecule has 0 bridgehead atoms. The summed E-state index contributed by atoms with van der Waals surface area (Å²) in [6, 6.07) is 3.29. The third-order valence-electron chi connectivity index (χ3n) is 5.45. The van der Waals surface area contributed by atoms with E-state index in [-0.39, 0.29) is 24.0 Å². The van der Waals surface area contributed by atoms with Gasteiger partial charge in [0, 0.05) is 36.6 Å². The first-order valence-electron chi connectivity index (χ1n) is 11.8. The van der Waals surface area contributed by atoms with E-state index in [1.807, 2.05) is 0 Å². The van der Waals surface area contributed by atoms with Crippen molar-refractivity contribution in [3.8, 4) is 5.88 Å². The van der Waals surface area contributed by atoms with E-state index in [2.05, 4.69) is 24.6 Å². The summed E-state index contributed by atoms with van der Waals surface area (Å²) in [5, 5.41) is 2.75.